The molecule has 0 aliphatic carbocycles. The molecule has 0 unspecified atom stereocenters. The molecule has 1 amide bonds. The molecule has 0 aromatic heterocycles. The number of hydrogen-bond donors (Lipinski definition) is 1. The number of carbonyl (C=O) groups is 1. The minimum atomic E-state index is -0.315. The summed E-state index contributed by atoms with van der Waals surface area (Å²) in [6.45, 7) is 0.978. The molecule has 1 saturated heterocycles. The van der Waals surface area contributed by atoms with Crippen molar-refractivity contribution in [3.05, 3.63) is 33.4 Å². The van der Waals surface area contributed by atoms with E-state index in [1.54, 1.807) is 4.90 Å². The van der Waals surface area contributed by atoms with Crippen LogP contribution in [-0.4, -0.2) is 35.1 Å². The highest BCUT2D eigenvalue weighted by molar-refractivity contribution is 14.1. The molecule has 15 heavy (non-hydrogen) atoms. The number of likely N-dealkylation sites (tertiary alicyclic amines) is 1. The molecule has 1 aliphatic heterocycles. The molecule has 4 heteroatoms. The van der Waals surface area contributed by atoms with Crippen molar-refractivity contribution in [2.45, 2.75) is 12.5 Å². The van der Waals surface area contributed by atoms with Crippen LogP contribution in [0.3, 0.4) is 0 Å². The number of amides is 1. The molecule has 0 atom stereocenters. The molecule has 1 heterocycles. The Morgan fingerprint density at radius 3 is 2.87 bits per heavy atom. The van der Waals surface area contributed by atoms with Crippen LogP contribution in [0.2, 0.25) is 0 Å². The van der Waals surface area contributed by atoms with Gasteiger partial charge in [0.05, 0.1) is 12.5 Å². The molecule has 80 valence electrons. The van der Waals surface area contributed by atoms with Crippen LogP contribution in [0.4, 0.5) is 0 Å². The Balaban J connectivity index is 1.94. The van der Waals surface area contributed by atoms with E-state index in [0.717, 1.165) is 9.13 Å². The predicted molar refractivity (Wildman–Crippen MR) is 65.4 cm³/mol. The Kier molecular flexibility index (Phi) is 3.25. The first kappa shape index (κ1) is 10.9. The van der Waals surface area contributed by atoms with Crippen molar-refractivity contribution in [3.8, 4) is 0 Å². The van der Waals surface area contributed by atoms with Crippen molar-refractivity contribution in [2.75, 3.05) is 13.1 Å². The number of aliphatic hydroxyl groups is 1. The van der Waals surface area contributed by atoms with Crippen LogP contribution in [0.15, 0.2) is 24.3 Å². The average Bonchev–Trinajstić information content (AvgIpc) is 2.13. The zero-order chi connectivity index (χ0) is 10.8. The number of nitrogens with zero attached hydrogens (tertiary/aromatic N) is 1. The zero-order valence-corrected chi connectivity index (χ0v) is 10.3. The number of carbonyl (C=O) groups excluding carboxylic acids is 1. The van der Waals surface area contributed by atoms with E-state index in [1.807, 2.05) is 24.3 Å². The smallest absolute Gasteiger partial charge is 0.227 e. The molecular formula is C11H12INO2. The van der Waals surface area contributed by atoms with Gasteiger partial charge in [-0.2, -0.15) is 0 Å². The van der Waals surface area contributed by atoms with E-state index < -0.39 is 0 Å². The predicted octanol–water partition coefficient (Wildman–Crippen LogP) is 1.04. The summed E-state index contributed by atoms with van der Waals surface area (Å²) in [7, 11) is 0. The third kappa shape index (κ3) is 2.69. The molecule has 1 fully saturated rings. The number of benzene rings is 1. The van der Waals surface area contributed by atoms with E-state index >= 15 is 0 Å². The molecule has 1 N–H and O–H groups in total. The van der Waals surface area contributed by atoms with Crippen molar-refractivity contribution in [2.24, 2.45) is 0 Å². The first-order valence-electron chi connectivity index (χ1n) is 4.85. The molecule has 1 aromatic carbocycles. The van der Waals surface area contributed by atoms with E-state index in [0.29, 0.717) is 19.5 Å². The first-order valence-corrected chi connectivity index (χ1v) is 5.93. The van der Waals surface area contributed by atoms with Gasteiger partial charge in [-0.3, -0.25) is 4.79 Å². The van der Waals surface area contributed by atoms with Gasteiger partial charge in [-0.1, -0.05) is 12.1 Å². The Morgan fingerprint density at radius 1 is 1.53 bits per heavy atom. The van der Waals surface area contributed by atoms with Crippen LogP contribution in [0.25, 0.3) is 0 Å². The maximum absolute atomic E-state index is 11.7. The van der Waals surface area contributed by atoms with E-state index in [-0.39, 0.29) is 12.0 Å². The molecule has 3 nitrogen and oxygen atoms in total. The Bertz CT molecular complexity index is 375. The highest BCUT2D eigenvalue weighted by atomic mass is 127. The Morgan fingerprint density at radius 2 is 2.27 bits per heavy atom. The monoisotopic (exact) mass is 317 g/mol. The van der Waals surface area contributed by atoms with Gasteiger partial charge in [-0.25, -0.2) is 0 Å². The summed E-state index contributed by atoms with van der Waals surface area (Å²) in [6, 6.07) is 7.92. The Hall–Kier alpha value is -0.620. The third-order valence-electron chi connectivity index (χ3n) is 2.46. The number of halogens is 1. The number of aliphatic hydroxyl groups excluding tert-OH is 1. The standard InChI is InChI=1S/C11H12INO2/c12-9-3-1-2-8(4-9)5-11(15)13-6-10(14)7-13/h1-4,10,14H,5-7H2. The normalized spacial score (nSPS) is 16.3. The first-order chi connectivity index (χ1) is 7.15. The van der Waals surface area contributed by atoms with Crippen molar-refractivity contribution in [3.63, 3.8) is 0 Å². The van der Waals surface area contributed by atoms with Gasteiger partial charge < -0.3 is 10.0 Å². The van der Waals surface area contributed by atoms with Gasteiger partial charge in [0, 0.05) is 16.7 Å². The molecule has 0 radical (unpaired) electrons. The topological polar surface area (TPSA) is 40.5 Å². The van der Waals surface area contributed by atoms with E-state index in [2.05, 4.69) is 22.6 Å². The summed E-state index contributed by atoms with van der Waals surface area (Å²) in [4.78, 5) is 13.3. The molecular weight excluding hydrogens is 305 g/mol. The van der Waals surface area contributed by atoms with E-state index in [4.69, 9.17) is 5.11 Å². The van der Waals surface area contributed by atoms with Gasteiger partial charge in [-0.05, 0) is 40.3 Å². The summed E-state index contributed by atoms with van der Waals surface area (Å²) in [5.74, 6) is 0.0994. The lowest BCUT2D eigenvalue weighted by atomic mass is 10.1. The molecule has 1 aromatic rings. The molecule has 1 aliphatic rings. The zero-order valence-electron chi connectivity index (χ0n) is 8.19. The van der Waals surface area contributed by atoms with E-state index in [9.17, 15) is 4.79 Å². The fourth-order valence-corrected chi connectivity index (χ4v) is 2.20. The number of hydrogen-bond acceptors (Lipinski definition) is 2. The van der Waals surface area contributed by atoms with Crippen molar-refractivity contribution < 1.29 is 9.90 Å². The van der Waals surface area contributed by atoms with E-state index in [1.165, 1.54) is 0 Å². The third-order valence-corrected chi connectivity index (χ3v) is 3.13. The highest BCUT2D eigenvalue weighted by Crippen LogP contribution is 2.13. The molecule has 0 saturated carbocycles. The largest absolute Gasteiger partial charge is 0.389 e. The summed E-state index contributed by atoms with van der Waals surface area (Å²) >= 11 is 2.23. The van der Waals surface area contributed by atoms with Gasteiger partial charge in [-0.15, -0.1) is 0 Å². The van der Waals surface area contributed by atoms with Crippen LogP contribution in [0, 0.1) is 3.57 Å². The molecule has 0 bridgehead atoms. The van der Waals surface area contributed by atoms with Crippen LogP contribution >= 0.6 is 22.6 Å². The fraction of sp³-hybridized carbons (Fsp3) is 0.364. The van der Waals surface area contributed by atoms with Gasteiger partial charge >= 0.3 is 0 Å². The van der Waals surface area contributed by atoms with Gasteiger partial charge in [0.25, 0.3) is 0 Å². The van der Waals surface area contributed by atoms with Crippen molar-refractivity contribution >= 4 is 28.5 Å². The molecule has 2 rings (SSSR count). The maximum Gasteiger partial charge on any atom is 0.227 e. The molecule has 0 spiro atoms. The fourth-order valence-electron chi connectivity index (χ4n) is 1.59. The quantitative estimate of drug-likeness (QED) is 0.828. The van der Waals surface area contributed by atoms with Crippen molar-refractivity contribution in [1.82, 2.24) is 4.90 Å². The van der Waals surface area contributed by atoms with Gasteiger partial charge in [0.2, 0.25) is 5.91 Å². The van der Waals surface area contributed by atoms with Crippen molar-refractivity contribution in [1.29, 1.82) is 0 Å². The summed E-state index contributed by atoms with van der Waals surface area (Å²) in [5, 5.41) is 9.08. The second-order valence-corrected chi connectivity index (χ2v) is 5.00. The maximum atomic E-state index is 11.7. The Labute approximate surface area is 102 Å². The van der Waals surface area contributed by atoms with Crippen LogP contribution < -0.4 is 0 Å². The number of rotatable bonds is 2. The summed E-state index contributed by atoms with van der Waals surface area (Å²) in [6.07, 6.45) is 0.119. The average molecular weight is 317 g/mol. The van der Waals surface area contributed by atoms with Crippen LogP contribution in [0.5, 0.6) is 0 Å². The lowest BCUT2D eigenvalue weighted by Gasteiger charge is -2.35. The number of β-amino-alcohol motifs (C(OH)–C–C–N with tert-alkyl or cyclic N) is 1. The van der Waals surface area contributed by atoms with Gasteiger partial charge in [0.15, 0.2) is 0 Å². The van der Waals surface area contributed by atoms with Crippen LogP contribution in [-0.2, 0) is 11.2 Å². The van der Waals surface area contributed by atoms with Crippen LogP contribution in [0.1, 0.15) is 5.56 Å². The lowest BCUT2D eigenvalue weighted by Crippen LogP contribution is -2.53. The second kappa shape index (κ2) is 4.49. The SMILES string of the molecule is O=C(Cc1cccc(I)c1)N1CC(O)C1. The summed E-state index contributed by atoms with van der Waals surface area (Å²) < 4.78 is 1.14. The van der Waals surface area contributed by atoms with Gasteiger partial charge in [0.1, 0.15) is 0 Å². The minimum Gasteiger partial charge on any atom is -0.389 e. The summed E-state index contributed by atoms with van der Waals surface area (Å²) in [5.41, 5.74) is 1.04. The lowest BCUT2D eigenvalue weighted by molar-refractivity contribution is -0.140. The minimum absolute atomic E-state index is 0.0994. The second-order valence-electron chi connectivity index (χ2n) is 3.76. The highest BCUT2D eigenvalue weighted by Gasteiger charge is 2.28.